The SMILES string of the molecule is CN=C(NCc1ccc(OC(C)C)cc1C(F)(F)F)NCc1nnc2ccccn12.I. The second-order valence-corrected chi connectivity index (χ2v) is 6.81. The zero-order valence-corrected chi connectivity index (χ0v) is 19.6. The molecule has 0 radical (unpaired) electrons. The first-order chi connectivity index (χ1) is 14.3. The van der Waals surface area contributed by atoms with Crippen molar-refractivity contribution in [1.29, 1.82) is 0 Å². The summed E-state index contributed by atoms with van der Waals surface area (Å²) in [5.74, 6) is 1.18. The molecule has 2 heterocycles. The molecule has 3 aromatic rings. The second kappa shape index (κ2) is 10.6. The number of fused-ring (bicyclic) bond motifs is 1. The lowest BCUT2D eigenvalue weighted by atomic mass is 10.1. The van der Waals surface area contributed by atoms with E-state index in [2.05, 4.69) is 25.8 Å². The largest absolute Gasteiger partial charge is 0.491 e. The molecular formula is C20H24F3IN6O. The molecule has 0 spiro atoms. The van der Waals surface area contributed by atoms with Crippen molar-refractivity contribution in [2.75, 3.05) is 7.05 Å². The molecule has 3 rings (SSSR count). The maximum absolute atomic E-state index is 13.5. The number of ether oxygens (including phenoxy) is 1. The highest BCUT2D eigenvalue weighted by Crippen LogP contribution is 2.34. The van der Waals surface area contributed by atoms with Crippen LogP contribution in [0.25, 0.3) is 5.65 Å². The van der Waals surface area contributed by atoms with Crippen LogP contribution in [0.15, 0.2) is 47.6 Å². The number of guanidine groups is 1. The van der Waals surface area contributed by atoms with Gasteiger partial charge in [-0.15, -0.1) is 34.2 Å². The molecule has 0 aliphatic heterocycles. The van der Waals surface area contributed by atoms with Gasteiger partial charge in [0.25, 0.3) is 0 Å². The monoisotopic (exact) mass is 548 g/mol. The number of rotatable bonds is 6. The van der Waals surface area contributed by atoms with Gasteiger partial charge in [0.2, 0.25) is 0 Å². The highest BCUT2D eigenvalue weighted by Gasteiger charge is 2.33. The lowest BCUT2D eigenvalue weighted by Crippen LogP contribution is -2.37. The summed E-state index contributed by atoms with van der Waals surface area (Å²) in [6, 6.07) is 9.51. The van der Waals surface area contributed by atoms with Gasteiger partial charge < -0.3 is 15.4 Å². The normalized spacial score (nSPS) is 12.0. The van der Waals surface area contributed by atoms with Crippen molar-refractivity contribution in [2.45, 2.75) is 39.2 Å². The Morgan fingerprint density at radius 3 is 2.55 bits per heavy atom. The molecule has 0 fully saturated rings. The van der Waals surface area contributed by atoms with Gasteiger partial charge in [0, 0.05) is 19.8 Å². The van der Waals surface area contributed by atoms with E-state index in [1.165, 1.54) is 12.1 Å². The summed E-state index contributed by atoms with van der Waals surface area (Å²) in [4.78, 5) is 4.06. The zero-order chi connectivity index (χ0) is 21.7. The van der Waals surface area contributed by atoms with Crippen molar-refractivity contribution < 1.29 is 17.9 Å². The van der Waals surface area contributed by atoms with Crippen LogP contribution in [0.3, 0.4) is 0 Å². The number of benzene rings is 1. The van der Waals surface area contributed by atoms with E-state index in [0.29, 0.717) is 24.0 Å². The predicted molar refractivity (Wildman–Crippen MR) is 123 cm³/mol. The third kappa shape index (κ3) is 6.45. The molecule has 0 unspecified atom stereocenters. The fraction of sp³-hybridized carbons (Fsp3) is 0.350. The molecule has 11 heteroatoms. The average molecular weight is 548 g/mol. The van der Waals surface area contributed by atoms with Crippen molar-refractivity contribution in [3.63, 3.8) is 0 Å². The summed E-state index contributed by atoms with van der Waals surface area (Å²) in [6.07, 6.45) is -2.88. The summed E-state index contributed by atoms with van der Waals surface area (Å²) in [6.45, 7) is 3.77. The minimum atomic E-state index is -4.50. The fourth-order valence-electron chi connectivity index (χ4n) is 2.89. The molecule has 0 bridgehead atoms. The topological polar surface area (TPSA) is 75.8 Å². The number of hydrogen-bond donors (Lipinski definition) is 2. The van der Waals surface area contributed by atoms with Crippen LogP contribution in [-0.2, 0) is 19.3 Å². The summed E-state index contributed by atoms with van der Waals surface area (Å²) in [5, 5.41) is 14.1. The van der Waals surface area contributed by atoms with E-state index < -0.39 is 11.7 Å². The van der Waals surface area contributed by atoms with E-state index in [0.717, 1.165) is 6.07 Å². The number of aromatic nitrogens is 3. The van der Waals surface area contributed by atoms with Gasteiger partial charge in [-0.3, -0.25) is 9.39 Å². The van der Waals surface area contributed by atoms with Gasteiger partial charge >= 0.3 is 6.18 Å². The molecular weight excluding hydrogens is 524 g/mol. The van der Waals surface area contributed by atoms with Crippen LogP contribution in [0.5, 0.6) is 5.75 Å². The van der Waals surface area contributed by atoms with E-state index in [4.69, 9.17) is 4.74 Å². The third-order valence-electron chi connectivity index (χ3n) is 4.23. The number of alkyl halides is 3. The highest BCUT2D eigenvalue weighted by atomic mass is 127. The average Bonchev–Trinajstić information content (AvgIpc) is 3.11. The summed E-state index contributed by atoms with van der Waals surface area (Å²) < 4.78 is 47.7. The van der Waals surface area contributed by atoms with E-state index in [-0.39, 0.29) is 47.9 Å². The van der Waals surface area contributed by atoms with Crippen molar-refractivity contribution >= 4 is 35.6 Å². The smallest absolute Gasteiger partial charge is 0.416 e. The van der Waals surface area contributed by atoms with Gasteiger partial charge in [-0.2, -0.15) is 13.2 Å². The third-order valence-corrected chi connectivity index (χ3v) is 4.23. The van der Waals surface area contributed by atoms with Crippen molar-refractivity contribution in [3.05, 3.63) is 59.5 Å². The minimum absolute atomic E-state index is 0. The molecule has 2 N–H and O–H groups in total. The van der Waals surface area contributed by atoms with Gasteiger partial charge in [-0.05, 0) is 43.7 Å². The van der Waals surface area contributed by atoms with Crippen LogP contribution >= 0.6 is 24.0 Å². The van der Waals surface area contributed by atoms with Crippen LogP contribution in [0.1, 0.15) is 30.8 Å². The number of halogens is 4. The molecule has 0 saturated carbocycles. The Bertz CT molecular complexity index is 1040. The standard InChI is InChI=1S/C20H23F3N6O.HI/c1-13(2)30-15-8-7-14(16(10-15)20(21,22)23)11-25-19(24-3)26-12-18-28-27-17-6-4-5-9-29(17)18;/h4-10,13H,11-12H2,1-3H3,(H2,24,25,26);1H. The van der Waals surface area contributed by atoms with Crippen molar-refractivity contribution in [1.82, 2.24) is 25.2 Å². The van der Waals surface area contributed by atoms with Crippen LogP contribution in [0.2, 0.25) is 0 Å². The molecule has 168 valence electrons. The Kier molecular flexibility index (Phi) is 8.48. The van der Waals surface area contributed by atoms with Gasteiger partial charge in [0.05, 0.1) is 18.2 Å². The Hall–Kier alpha value is -2.57. The summed E-state index contributed by atoms with van der Waals surface area (Å²) in [5.41, 5.74) is 0.0531. The zero-order valence-electron chi connectivity index (χ0n) is 17.3. The summed E-state index contributed by atoms with van der Waals surface area (Å²) in [7, 11) is 1.54. The van der Waals surface area contributed by atoms with Gasteiger partial charge in [-0.1, -0.05) is 12.1 Å². The number of pyridine rings is 1. The van der Waals surface area contributed by atoms with Gasteiger partial charge in [0.1, 0.15) is 5.75 Å². The molecule has 0 amide bonds. The maximum atomic E-state index is 13.5. The number of aliphatic imine (C=N–C) groups is 1. The minimum Gasteiger partial charge on any atom is -0.491 e. The fourth-order valence-corrected chi connectivity index (χ4v) is 2.89. The molecule has 0 aliphatic carbocycles. The molecule has 31 heavy (non-hydrogen) atoms. The molecule has 0 atom stereocenters. The van der Waals surface area contributed by atoms with E-state index in [1.54, 1.807) is 20.9 Å². The highest BCUT2D eigenvalue weighted by molar-refractivity contribution is 14.0. The first-order valence-electron chi connectivity index (χ1n) is 9.38. The van der Waals surface area contributed by atoms with Crippen molar-refractivity contribution in [2.24, 2.45) is 4.99 Å². The van der Waals surface area contributed by atoms with Crippen LogP contribution < -0.4 is 15.4 Å². The molecule has 1 aromatic carbocycles. The number of nitrogens with one attached hydrogen (secondary N) is 2. The van der Waals surface area contributed by atoms with E-state index >= 15 is 0 Å². The molecule has 2 aromatic heterocycles. The Morgan fingerprint density at radius 2 is 1.87 bits per heavy atom. The Morgan fingerprint density at radius 1 is 1.13 bits per heavy atom. The lowest BCUT2D eigenvalue weighted by Gasteiger charge is -2.18. The molecule has 7 nitrogen and oxygen atoms in total. The quantitative estimate of drug-likeness (QED) is 0.277. The van der Waals surface area contributed by atoms with Gasteiger partial charge in [0.15, 0.2) is 17.4 Å². The Balaban J connectivity index is 0.00000341. The maximum Gasteiger partial charge on any atom is 0.416 e. The van der Waals surface area contributed by atoms with Crippen LogP contribution in [-0.4, -0.2) is 33.7 Å². The number of hydrogen-bond acceptors (Lipinski definition) is 4. The van der Waals surface area contributed by atoms with E-state index in [9.17, 15) is 13.2 Å². The summed E-state index contributed by atoms with van der Waals surface area (Å²) >= 11 is 0. The Labute approximate surface area is 195 Å². The van der Waals surface area contributed by atoms with Crippen LogP contribution in [0, 0.1) is 0 Å². The number of nitrogens with zero attached hydrogens (tertiary/aromatic N) is 4. The first-order valence-corrected chi connectivity index (χ1v) is 9.38. The van der Waals surface area contributed by atoms with Crippen molar-refractivity contribution in [3.8, 4) is 5.75 Å². The van der Waals surface area contributed by atoms with Crippen LogP contribution in [0.4, 0.5) is 13.2 Å². The van der Waals surface area contributed by atoms with E-state index in [1.807, 2.05) is 28.8 Å². The lowest BCUT2D eigenvalue weighted by molar-refractivity contribution is -0.138. The molecule has 0 saturated heterocycles. The second-order valence-electron chi connectivity index (χ2n) is 6.81. The predicted octanol–water partition coefficient (Wildman–Crippen LogP) is 4.02. The molecule has 0 aliphatic rings. The van der Waals surface area contributed by atoms with Gasteiger partial charge in [-0.25, -0.2) is 0 Å². The first kappa shape index (κ1) is 24.7.